The minimum atomic E-state index is -1.49. The molecule has 176 valence electrons. The average molecular weight is 578 g/mol. The number of carbonyl (C=O) groups is 2. The lowest BCUT2D eigenvalue weighted by molar-refractivity contribution is -0.234. The SMILES string of the molecule is Ic1ccc(OCc2ccccc2)cc1.O=C1CC(=O)OC(c2ccccc2)(c2ccccc2)O1. The van der Waals surface area contributed by atoms with Crippen LogP contribution in [0.1, 0.15) is 23.1 Å². The fourth-order valence-electron chi connectivity index (χ4n) is 3.52. The van der Waals surface area contributed by atoms with E-state index in [0.29, 0.717) is 17.7 Å². The van der Waals surface area contributed by atoms with Gasteiger partial charge in [-0.15, -0.1) is 0 Å². The fourth-order valence-corrected chi connectivity index (χ4v) is 3.88. The molecular formula is C29H23IO5. The topological polar surface area (TPSA) is 61.8 Å². The maximum atomic E-state index is 11.7. The van der Waals surface area contributed by atoms with Gasteiger partial charge in [0, 0.05) is 14.7 Å². The van der Waals surface area contributed by atoms with Crippen molar-refractivity contribution in [2.24, 2.45) is 0 Å². The largest absolute Gasteiger partial charge is 0.489 e. The predicted molar refractivity (Wildman–Crippen MR) is 140 cm³/mol. The Morgan fingerprint density at radius 3 is 1.60 bits per heavy atom. The first-order valence-corrected chi connectivity index (χ1v) is 12.1. The zero-order chi connectivity index (χ0) is 24.5. The summed E-state index contributed by atoms with van der Waals surface area (Å²) in [4.78, 5) is 23.4. The molecule has 0 radical (unpaired) electrons. The molecule has 35 heavy (non-hydrogen) atoms. The van der Waals surface area contributed by atoms with Gasteiger partial charge >= 0.3 is 17.7 Å². The van der Waals surface area contributed by atoms with E-state index < -0.39 is 17.7 Å². The van der Waals surface area contributed by atoms with Crippen molar-refractivity contribution in [2.45, 2.75) is 18.8 Å². The van der Waals surface area contributed by atoms with Crippen LogP contribution in [0, 0.1) is 3.57 Å². The summed E-state index contributed by atoms with van der Waals surface area (Å²) in [6.45, 7) is 0.626. The van der Waals surface area contributed by atoms with Gasteiger partial charge in [-0.05, 0) is 52.4 Å². The molecule has 0 aromatic heterocycles. The first-order valence-electron chi connectivity index (χ1n) is 11.0. The first kappa shape index (κ1) is 24.5. The number of hydrogen-bond donors (Lipinski definition) is 0. The molecule has 5 nitrogen and oxygen atoms in total. The molecule has 5 rings (SSSR count). The molecular weight excluding hydrogens is 555 g/mol. The predicted octanol–water partition coefficient (Wildman–Crippen LogP) is 6.25. The van der Waals surface area contributed by atoms with E-state index in [0.717, 1.165) is 5.75 Å². The molecule has 0 amide bonds. The Kier molecular flexibility index (Phi) is 8.15. The number of benzene rings is 4. The van der Waals surface area contributed by atoms with Gasteiger partial charge in [-0.3, -0.25) is 9.59 Å². The third-order valence-electron chi connectivity index (χ3n) is 5.17. The van der Waals surface area contributed by atoms with E-state index in [-0.39, 0.29) is 6.42 Å². The second kappa shape index (κ2) is 11.7. The Morgan fingerprint density at radius 2 is 1.11 bits per heavy atom. The van der Waals surface area contributed by atoms with Gasteiger partial charge in [-0.1, -0.05) is 91.0 Å². The minimum Gasteiger partial charge on any atom is -0.489 e. The maximum Gasteiger partial charge on any atom is 0.320 e. The van der Waals surface area contributed by atoms with Gasteiger partial charge in [-0.25, -0.2) is 0 Å². The van der Waals surface area contributed by atoms with Gasteiger partial charge in [0.1, 0.15) is 18.8 Å². The Labute approximate surface area is 217 Å². The van der Waals surface area contributed by atoms with E-state index in [1.165, 1.54) is 9.13 Å². The van der Waals surface area contributed by atoms with Crippen LogP contribution in [0.25, 0.3) is 0 Å². The summed E-state index contributed by atoms with van der Waals surface area (Å²) in [6, 6.07) is 36.2. The standard InChI is InChI=1S/C16H12O4.C13H11IO/c17-14-11-15(18)20-16(19-14,12-7-3-1-4-8-12)13-9-5-2-6-10-13;14-12-6-8-13(9-7-12)15-10-11-4-2-1-3-5-11/h1-10H,11H2;1-9H,10H2. The van der Waals surface area contributed by atoms with E-state index in [9.17, 15) is 9.59 Å². The van der Waals surface area contributed by atoms with E-state index in [2.05, 4.69) is 34.7 Å². The fraction of sp³-hybridized carbons (Fsp3) is 0.103. The number of carbonyl (C=O) groups excluding carboxylic acids is 2. The number of cyclic esters (lactones) is 2. The summed E-state index contributed by atoms with van der Waals surface area (Å²) in [7, 11) is 0. The van der Waals surface area contributed by atoms with Crippen LogP contribution in [0.4, 0.5) is 0 Å². The third kappa shape index (κ3) is 6.48. The van der Waals surface area contributed by atoms with Crippen LogP contribution in [0.2, 0.25) is 0 Å². The van der Waals surface area contributed by atoms with Crippen LogP contribution in [0.15, 0.2) is 115 Å². The lowest BCUT2D eigenvalue weighted by Crippen LogP contribution is -2.43. The van der Waals surface area contributed by atoms with Gasteiger partial charge < -0.3 is 14.2 Å². The van der Waals surface area contributed by atoms with Crippen LogP contribution in [-0.4, -0.2) is 11.9 Å². The van der Waals surface area contributed by atoms with Crippen molar-refractivity contribution < 1.29 is 23.8 Å². The van der Waals surface area contributed by atoms with Crippen molar-refractivity contribution in [2.75, 3.05) is 0 Å². The smallest absolute Gasteiger partial charge is 0.320 e. The highest BCUT2D eigenvalue weighted by Gasteiger charge is 2.46. The molecule has 1 aliphatic rings. The van der Waals surface area contributed by atoms with Gasteiger partial charge in [0.05, 0.1) is 0 Å². The summed E-state index contributed by atoms with van der Waals surface area (Å²) in [5.74, 6) is -1.75. The van der Waals surface area contributed by atoms with Crippen LogP contribution in [-0.2, 0) is 31.5 Å². The van der Waals surface area contributed by atoms with Crippen LogP contribution < -0.4 is 4.74 Å². The number of rotatable bonds is 5. The zero-order valence-electron chi connectivity index (χ0n) is 18.8. The highest BCUT2D eigenvalue weighted by Crippen LogP contribution is 2.38. The molecule has 1 heterocycles. The molecule has 0 unspecified atom stereocenters. The number of hydrogen-bond acceptors (Lipinski definition) is 5. The Balaban J connectivity index is 0.000000172. The van der Waals surface area contributed by atoms with Crippen molar-refractivity contribution in [1.82, 2.24) is 0 Å². The minimum absolute atomic E-state index is 0.360. The number of halogens is 1. The second-order valence-corrected chi connectivity index (χ2v) is 8.95. The van der Waals surface area contributed by atoms with Crippen molar-refractivity contribution in [1.29, 1.82) is 0 Å². The highest BCUT2D eigenvalue weighted by molar-refractivity contribution is 14.1. The summed E-state index contributed by atoms with van der Waals surface area (Å²) >= 11 is 2.28. The van der Waals surface area contributed by atoms with Gasteiger partial charge in [-0.2, -0.15) is 0 Å². The monoisotopic (exact) mass is 578 g/mol. The lowest BCUT2D eigenvalue weighted by atomic mass is 9.96. The van der Waals surface area contributed by atoms with Gasteiger partial charge in [0.15, 0.2) is 0 Å². The molecule has 1 fully saturated rings. The molecule has 0 spiro atoms. The van der Waals surface area contributed by atoms with Crippen LogP contribution >= 0.6 is 22.6 Å². The van der Waals surface area contributed by atoms with E-state index in [1.54, 1.807) is 48.5 Å². The van der Waals surface area contributed by atoms with Gasteiger partial charge in [0.2, 0.25) is 0 Å². The summed E-state index contributed by atoms with van der Waals surface area (Å²) in [6.07, 6.45) is -0.360. The van der Waals surface area contributed by atoms with Crippen LogP contribution in [0.5, 0.6) is 5.75 Å². The molecule has 0 saturated carbocycles. The second-order valence-electron chi connectivity index (χ2n) is 7.70. The van der Waals surface area contributed by atoms with Crippen LogP contribution in [0.3, 0.4) is 0 Å². The van der Waals surface area contributed by atoms with E-state index in [1.807, 2.05) is 54.6 Å². The summed E-state index contributed by atoms with van der Waals surface area (Å²) in [5, 5.41) is 0. The molecule has 4 aromatic rings. The zero-order valence-corrected chi connectivity index (χ0v) is 21.0. The molecule has 4 aromatic carbocycles. The summed E-state index contributed by atoms with van der Waals surface area (Å²) < 4.78 is 17.7. The lowest BCUT2D eigenvalue weighted by Gasteiger charge is -2.36. The van der Waals surface area contributed by atoms with Crippen molar-refractivity contribution in [3.05, 3.63) is 136 Å². The Bertz CT molecular complexity index is 1190. The van der Waals surface area contributed by atoms with Crippen molar-refractivity contribution in [3.63, 3.8) is 0 Å². The number of esters is 2. The molecule has 1 aliphatic heterocycles. The first-order chi connectivity index (χ1) is 17.0. The maximum absolute atomic E-state index is 11.7. The quantitative estimate of drug-likeness (QED) is 0.159. The molecule has 6 heteroatoms. The molecule has 0 aliphatic carbocycles. The Morgan fingerprint density at radius 1 is 0.657 bits per heavy atom. The number of ether oxygens (including phenoxy) is 3. The molecule has 1 saturated heterocycles. The molecule has 0 atom stereocenters. The summed E-state index contributed by atoms with van der Waals surface area (Å²) in [5.41, 5.74) is 2.40. The normalized spacial score (nSPS) is 14.1. The average Bonchev–Trinajstić information content (AvgIpc) is 2.90. The highest BCUT2D eigenvalue weighted by atomic mass is 127. The molecule has 0 N–H and O–H groups in total. The van der Waals surface area contributed by atoms with Crippen molar-refractivity contribution in [3.8, 4) is 5.75 Å². The third-order valence-corrected chi connectivity index (χ3v) is 5.89. The van der Waals surface area contributed by atoms with E-state index >= 15 is 0 Å². The van der Waals surface area contributed by atoms with Gasteiger partial charge in [0.25, 0.3) is 0 Å². The Hall–Kier alpha value is -3.65. The van der Waals surface area contributed by atoms with Crippen molar-refractivity contribution >= 4 is 34.5 Å². The van der Waals surface area contributed by atoms with E-state index in [4.69, 9.17) is 14.2 Å². The molecule has 0 bridgehead atoms.